The maximum Gasteiger partial charge on any atom is 0.416 e. The zero-order chi connectivity index (χ0) is 11.5. The molecule has 80 valence electrons. The molecule has 1 aromatic rings. The summed E-state index contributed by atoms with van der Waals surface area (Å²) in [7, 11) is 0. The molecule has 0 heterocycles. The van der Waals surface area contributed by atoms with Crippen LogP contribution in [-0.4, -0.2) is 6.29 Å². The van der Waals surface area contributed by atoms with Crippen LogP contribution in [0.1, 0.15) is 11.1 Å². The normalized spacial score (nSPS) is 12.0. The average Bonchev–Trinajstić information content (AvgIpc) is 2.14. The minimum Gasteiger partial charge on any atom is -0.299 e. The Morgan fingerprint density at radius 1 is 1.27 bits per heavy atom. The molecule has 0 saturated heterocycles. The van der Waals surface area contributed by atoms with Crippen molar-refractivity contribution in [3.63, 3.8) is 0 Å². The zero-order valence-corrected chi connectivity index (χ0v) is 8.97. The average molecular weight is 279 g/mol. The molecule has 0 spiro atoms. The van der Waals surface area contributed by atoms with E-state index in [-0.39, 0.29) is 0 Å². The molecule has 15 heavy (non-hydrogen) atoms. The highest BCUT2D eigenvalue weighted by atomic mass is 79.9. The van der Waals surface area contributed by atoms with Gasteiger partial charge in [0.1, 0.15) is 6.29 Å². The van der Waals surface area contributed by atoms with Gasteiger partial charge >= 0.3 is 6.18 Å². The second-order valence-corrected chi connectivity index (χ2v) is 3.58. The summed E-state index contributed by atoms with van der Waals surface area (Å²) in [6.45, 7) is 0. The lowest BCUT2D eigenvalue weighted by molar-refractivity contribution is -0.137. The van der Waals surface area contributed by atoms with Crippen LogP contribution >= 0.6 is 15.9 Å². The Hall–Kier alpha value is -1.10. The van der Waals surface area contributed by atoms with Gasteiger partial charge in [0.25, 0.3) is 0 Å². The molecular weight excluding hydrogens is 273 g/mol. The zero-order valence-electron chi connectivity index (χ0n) is 7.38. The number of hydrogen-bond donors (Lipinski definition) is 0. The number of rotatable bonds is 2. The van der Waals surface area contributed by atoms with Gasteiger partial charge in [-0.3, -0.25) is 4.79 Å². The Labute approximate surface area is 92.7 Å². The topological polar surface area (TPSA) is 17.1 Å². The second-order valence-electron chi connectivity index (χ2n) is 2.73. The van der Waals surface area contributed by atoms with Crippen molar-refractivity contribution in [2.75, 3.05) is 0 Å². The van der Waals surface area contributed by atoms with Crippen molar-refractivity contribution in [3.8, 4) is 0 Å². The molecular formula is C10H6BrF3O. The van der Waals surface area contributed by atoms with Crippen LogP contribution in [0.2, 0.25) is 0 Å². The van der Waals surface area contributed by atoms with Crippen molar-refractivity contribution >= 4 is 28.3 Å². The van der Waals surface area contributed by atoms with Crippen molar-refractivity contribution in [3.05, 3.63) is 39.9 Å². The molecule has 0 bridgehead atoms. The molecule has 0 unspecified atom stereocenters. The lowest BCUT2D eigenvalue weighted by atomic mass is 10.1. The highest BCUT2D eigenvalue weighted by Crippen LogP contribution is 2.32. The van der Waals surface area contributed by atoms with E-state index in [4.69, 9.17) is 0 Å². The van der Waals surface area contributed by atoms with E-state index in [0.29, 0.717) is 16.3 Å². The van der Waals surface area contributed by atoms with E-state index in [9.17, 15) is 18.0 Å². The van der Waals surface area contributed by atoms with E-state index < -0.39 is 11.7 Å². The smallest absolute Gasteiger partial charge is 0.299 e. The summed E-state index contributed by atoms with van der Waals surface area (Å²) in [6, 6.07) is 3.24. The SMILES string of the molecule is O=CC=Cc1ccc(C(F)(F)F)cc1Br. The van der Waals surface area contributed by atoms with Crippen LogP contribution in [0.5, 0.6) is 0 Å². The highest BCUT2D eigenvalue weighted by Gasteiger charge is 2.30. The molecule has 0 atom stereocenters. The highest BCUT2D eigenvalue weighted by molar-refractivity contribution is 9.10. The number of benzene rings is 1. The van der Waals surface area contributed by atoms with E-state index in [2.05, 4.69) is 15.9 Å². The molecule has 0 aliphatic carbocycles. The lowest BCUT2D eigenvalue weighted by Crippen LogP contribution is -2.04. The Bertz CT molecular complexity index is 396. The van der Waals surface area contributed by atoms with Crippen molar-refractivity contribution in [1.29, 1.82) is 0 Å². The van der Waals surface area contributed by atoms with E-state index in [1.165, 1.54) is 18.2 Å². The number of allylic oxidation sites excluding steroid dienone is 1. The van der Waals surface area contributed by atoms with Gasteiger partial charge in [-0.15, -0.1) is 0 Å². The van der Waals surface area contributed by atoms with Gasteiger partial charge in [0.15, 0.2) is 0 Å². The fourth-order valence-corrected chi connectivity index (χ4v) is 1.49. The third-order valence-corrected chi connectivity index (χ3v) is 2.37. The maximum absolute atomic E-state index is 12.3. The summed E-state index contributed by atoms with van der Waals surface area (Å²) in [6.07, 6.45) is -1.15. The lowest BCUT2D eigenvalue weighted by Gasteiger charge is -2.07. The van der Waals surface area contributed by atoms with Gasteiger partial charge in [0.2, 0.25) is 0 Å². The minimum atomic E-state index is -4.35. The Morgan fingerprint density at radius 3 is 2.40 bits per heavy atom. The van der Waals surface area contributed by atoms with Crippen LogP contribution in [0.25, 0.3) is 6.08 Å². The Morgan fingerprint density at radius 2 is 1.93 bits per heavy atom. The molecule has 5 heteroatoms. The van der Waals surface area contributed by atoms with Crippen LogP contribution in [0, 0.1) is 0 Å². The largest absolute Gasteiger partial charge is 0.416 e. The third-order valence-electron chi connectivity index (χ3n) is 1.68. The van der Waals surface area contributed by atoms with Crippen LogP contribution < -0.4 is 0 Å². The Balaban J connectivity index is 3.09. The predicted octanol–water partition coefficient (Wildman–Crippen LogP) is 3.68. The first-order chi connectivity index (χ1) is 6.95. The van der Waals surface area contributed by atoms with Gasteiger partial charge in [0.05, 0.1) is 5.56 Å². The van der Waals surface area contributed by atoms with Gasteiger partial charge in [-0.25, -0.2) is 0 Å². The molecule has 1 rings (SSSR count). The van der Waals surface area contributed by atoms with Gasteiger partial charge in [0, 0.05) is 4.47 Å². The van der Waals surface area contributed by atoms with Crippen molar-refractivity contribution in [2.45, 2.75) is 6.18 Å². The first kappa shape index (κ1) is 12.0. The number of halogens is 4. The van der Waals surface area contributed by atoms with Crippen LogP contribution in [0.3, 0.4) is 0 Å². The van der Waals surface area contributed by atoms with Gasteiger partial charge in [-0.1, -0.05) is 28.1 Å². The summed E-state index contributed by atoms with van der Waals surface area (Å²) in [5.41, 5.74) is -0.201. The molecule has 0 aromatic heterocycles. The van der Waals surface area contributed by atoms with E-state index in [1.807, 2.05) is 0 Å². The molecule has 0 saturated carbocycles. The first-order valence-electron chi connectivity index (χ1n) is 3.94. The van der Waals surface area contributed by atoms with E-state index in [0.717, 1.165) is 12.1 Å². The van der Waals surface area contributed by atoms with Crippen molar-refractivity contribution in [1.82, 2.24) is 0 Å². The molecule has 0 aliphatic rings. The molecule has 1 nitrogen and oxygen atoms in total. The van der Waals surface area contributed by atoms with Crippen molar-refractivity contribution in [2.24, 2.45) is 0 Å². The number of hydrogen-bond acceptors (Lipinski definition) is 1. The number of carbonyl (C=O) groups excluding carboxylic acids is 1. The van der Waals surface area contributed by atoms with Gasteiger partial charge in [-0.05, 0) is 23.8 Å². The minimum absolute atomic E-state index is 0.301. The summed E-state index contributed by atoms with van der Waals surface area (Å²) in [4.78, 5) is 10.0. The summed E-state index contributed by atoms with van der Waals surface area (Å²) in [5.74, 6) is 0. The molecule has 0 N–H and O–H groups in total. The fraction of sp³-hybridized carbons (Fsp3) is 0.100. The molecule has 0 aliphatic heterocycles. The second kappa shape index (κ2) is 4.61. The quantitative estimate of drug-likeness (QED) is 0.596. The molecule has 0 radical (unpaired) electrons. The Kier molecular flexibility index (Phi) is 3.68. The first-order valence-corrected chi connectivity index (χ1v) is 4.73. The van der Waals surface area contributed by atoms with Crippen LogP contribution in [0.15, 0.2) is 28.7 Å². The summed E-state index contributed by atoms with van der Waals surface area (Å²) < 4.78 is 37.1. The van der Waals surface area contributed by atoms with Gasteiger partial charge < -0.3 is 0 Å². The number of alkyl halides is 3. The number of aldehydes is 1. The number of carbonyl (C=O) groups is 1. The summed E-state index contributed by atoms with van der Waals surface area (Å²) >= 11 is 3.00. The van der Waals surface area contributed by atoms with Crippen LogP contribution in [0.4, 0.5) is 13.2 Å². The van der Waals surface area contributed by atoms with Gasteiger partial charge in [-0.2, -0.15) is 13.2 Å². The molecule has 0 fully saturated rings. The maximum atomic E-state index is 12.3. The van der Waals surface area contributed by atoms with E-state index in [1.54, 1.807) is 0 Å². The van der Waals surface area contributed by atoms with Crippen LogP contribution in [-0.2, 0) is 11.0 Å². The monoisotopic (exact) mass is 278 g/mol. The predicted molar refractivity (Wildman–Crippen MR) is 54.2 cm³/mol. The van der Waals surface area contributed by atoms with Crippen molar-refractivity contribution < 1.29 is 18.0 Å². The third kappa shape index (κ3) is 3.20. The molecule has 0 amide bonds. The standard InChI is InChI=1S/C10H6BrF3O/c11-9-6-8(10(12,13)14)4-3-7(9)2-1-5-15/h1-6H. The molecule has 1 aromatic carbocycles. The fourth-order valence-electron chi connectivity index (χ4n) is 0.982. The summed E-state index contributed by atoms with van der Waals surface area (Å²) in [5, 5.41) is 0. The van der Waals surface area contributed by atoms with E-state index >= 15 is 0 Å².